The van der Waals surface area contributed by atoms with Crippen LogP contribution in [0.4, 0.5) is 10.1 Å². The van der Waals surface area contributed by atoms with Gasteiger partial charge >= 0.3 is 0 Å². The molecule has 0 spiro atoms. The highest BCUT2D eigenvalue weighted by Crippen LogP contribution is 2.29. The summed E-state index contributed by atoms with van der Waals surface area (Å²) in [4.78, 5) is 23.1. The first kappa shape index (κ1) is 21.1. The fourth-order valence-corrected chi connectivity index (χ4v) is 2.89. The molecule has 4 aromatic rings. The molecule has 0 atom stereocenters. The Hall–Kier alpha value is -4.18. The molecule has 1 amide bonds. The van der Waals surface area contributed by atoms with E-state index in [1.165, 1.54) is 36.6 Å². The van der Waals surface area contributed by atoms with Crippen LogP contribution in [0, 0.1) is 5.82 Å². The van der Waals surface area contributed by atoms with Crippen LogP contribution < -0.4 is 10.1 Å². The predicted molar refractivity (Wildman–Crippen MR) is 109 cm³/mol. The van der Waals surface area contributed by atoms with Gasteiger partial charge in [-0.25, -0.2) is 4.39 Å². The van der Waals surface area contributed by atoms with Crippen molar-refractivity contribution in [2.45, 2.75) is 0 Å². The average molecular weight is 458 g/mol. The highest BCUT2D eigenvalue weighted by Gasteiger charge is 2.18. The van der Waals surface area contributed by atoms with Crippen molar-refractivity contribution >= 4 is 29.7 Å². The predicted octanol–water partition coefficient (Wildman–Crippen LogP) is 4.55. The quantitative estimate of drug-likeness (QED) is 0.232. The zero-order valence-corrected chi connectivity index (χ0v) is 16.8. The standard InChI is InChI=1S/C21H13ClFN3O6/c22-13-4-6-17(31-11-29-10-27)14(9-13)19(28)24-16-8-12(3-5-15(16)23)20-25-26-21(32-20)18-2-1-7-30-18/h1-10H,11H2,(H,24,28). The molecule has 0 saturated carbocycles. The van der Waals surface area contributed by atoms with Crippen LogP contribution in [0.5, 0.6) is 5.75 Å². The first-order valence-electron chi connectivity index (χ1n) is 9.01. The zero-order valence-electron chi connectivity index (χ0n) is 16.1. The summed E-state index contributed by atoms with van der Waals surface area (Å²) in [6, 6.07) is 11.5. The minimum atomic E-state index is -0.702. The van der Waals surface area contributed by atoms with Crippen molar-refractivity contribution in [3.63, 3.8) is 0 Å². The third kappa shape index (κ3) is 4.60. The molecular weight excluding hydrogens is 445 g/mol. The van der Waals surface area contributed by atoms with Crippen LogP contribution in [0.15, 0.2) is 63.6 Å². The number of aromatic nitrogens is 2. The van der Waals surface area contributed by atoms with Crippen LogP contribution in [-0.2, 0) is 9.53 Å². The molecule has 0 aliphatic carbocycles. The van der Waals surface area contributed by atoms with E-state index in [9.17, 15) is 14.0 Å². The minimum Gasteiger partial charge on any atom is -0.459 e. The summed E-state index contributed by atoms with van der Waals surface area (Å²) in [5.41, 5.74) is 0.240. The fourth-order valence-electron chi connectivity index (χ4n) is 2.71. The SMILES string of the molecule is O=COCOc1ccc(Cl)cc1C(=O)Nc1cc(-c2nnc(-c3ccco3)o2)ccc1F. The molecule has 0 saturated heterocycles. The van der Waals surface area contributed by atoms with Gasteiger partial charge in [-0.05, 0) is 48.5 Å². The topological polar surface area (TPSA) is 117 Å². The van der Waals surface area contributed by atoms with E-state index in [1.807, 2.05) is 0 Å². The van der Waals surface area contributed by atoms with Crippen molar-refractivity contribution < 1.29 is 32.3 Å². The lowest BCUT2D eigenvalue weighted by atomic mass is 10.1. The summed E-state index contributed by atoms with van der Waals surface area (Å²) in [6.45, 7) is -0.213. The van der Waals surface area contributed by atoms with E-state index in [0.717, 1.165) is 6.07 Å². The number of ether oxygens (including phenoxy) is 2. The Morgan fingerprint density at radius 1 is 1.16 bits per heavy atom. The number of carbonyl (C=O) groups excluding carboxylic acids is 2. The smallest absolute Gasteiger partial charge is 0.295 e. The van der Waals surface area contributed by atoms with Gasteiger partial charge in [0.1, 0.15) is 11.6 Å². The third-order valence-corrected chi connectivity index (χ3v) is 4.39. The van der Waals surface area contributed by atoms with Crippen molar-refractivity contribution in [3.05, 3.63) is 71.2 Å². The van der Waals surface area contributed by atoms with Gasteiger partial charge in [0.25, 0.3) is 18.3 Å². The second-order valence-electron chi connectivity index (χ2n) is 6.20. The van der Waals surface area contributed by atoms with Crippen LogP contribution in [-0.4, -0.2) is 29.4 Å². The maximum Gasteiger partial charge on any atom is 0.295 e. The Morgan fingerprint density at radius 3 is 2.78 bits per heavy atom. The van der Waals surface area contributed by atoms with E-state index < -0.39 is 18.5 Å². The van der Waals surface area contributed by atoms with Crippen LogP contribution in [0.2, 0.25) is 5.02 Å². The van der Waals surface area contributed by atoms with Crippen LogP contribution >= 0.6 is 11.6 Å². The summed E-state index contributed by atoms with van der Waals surface area (Å²) in [5, 5.41) is 10.5. The first-order chi connectivity index (χ1) is 15.5. The lowest BCUT2D eigenvalue weighted by Crippen LogP contribution is -2.15. The van der Waals surface area contributed by atoms with Gasteiger partial charge in [0.2, 0.25) is 12.7 Å². The van der Waals surface area contributed by atoms with Gasteiger partial charge in [0, 0.05) is 10.6 Å². The van der Waals surface area contributed by atoms with Gasteiger partial charge in [-0.15, -0.1) is 10.2 Å². The highest BCUT2D eigenvalue weighted by molar-refractivity contribution is 6.31. The Kier molecular flexibility index (Phi) is 6.13. The van der Waals surface area contributed by atoms with Crippen molar-refractivity contribution in [1.82, 2.24) is 10.2 Å². The van der Waals surface area contributed by atoms with Crippen LogP contribution in [0.3, 0.4) is 0 Å². The van der Waals surface area contributed by atoms with E-state index >= 15 is 0 Å². The summed E-state index contributed by atoms with van der Waals surface area (Å²) in [7, 11) is 0. The summed E-state index contributed by atoms with van der Waals surface area (Å²) < 4.78 is 34.9. The fraction of sp³-hybridized carbons (Fsp3) is 0.0476. The largest absolute Gasteiger partial charge is 0.459 e. The molecule has 162 valence electrons. The molecule has 0 bridgehead atoms. The molecule has 0 fully saturated rings. The number of benzene rings is 2. The summed E-state index contributed by atoms with van der Waals surface area (Å²) >= 11 is 5.97. The average Bonchev–Trinajstić information content (AvgIpc) is 3.48. The monoisotopic (exact) mass is 457 g/mol. The molecule has 1 N–H and O–H groups in total. The molecule has 4 rings (SSSR count). The number of carbonyl (C=O) groups is 2. The number of hydrogen-bond acceptors (Lipinski definition) is 8. The molecule has 11 heteroatoms. The lowest BCUT2D eigenvalue weighted by Gasteiger charge is -2.12. The molecular formula is C21H13ClFN3O6. The molecule has 32 heavy (non-hydrogen) atoms. The van der Waals surface area contributed by atoms with Crippen molar-refractivity contribution in [2.24, 2.45) is 0 Å². The summed E-state index contributed by atoms with van der Waals surface area (Å²) in [6.07, 6.45) is 1.46. The second kappa shape index (κ2) is 9.31. The highest BCUT2D eigenvalue weighted by atomic mass is 35.5. The number of anilines is 1. The molecule has 2 heterocycles. The molecule has 0 radical (unpaired) electrons. The van der Waals surface area contributed by atoms with Crippen molar-refractivity contribution in [2.75, 3.05) is 12.1 Å². The molecule has 0 aliphatic heterocycles. The van der Waals surface area contributed by atoms with Crippen LogP contribution in [0.25, 0.3) is 23.1 Å². The van der Waals surface area contributed by atoms with E-state index in [4.69, 9.17) is 25.2 Å². The minimum absolute atomic E-state index is 0.00898. The van der Waals surface area contributed by atoms with Gasteiger partial charge in [-0.2, -0.15) is 0 Å². The molecule has 9 nitrogen and oxygen atoms in total. The zero-order chi connectivity index (χ0) is 22.5. The third-order valence-electron chi connectivity index (χ3n) is 4.16. The number of amides is 1. The normalized spacial score (nSPS) is 10.6. The Labute approximate surface area is 184 Å². The molecule has 2 aromatic carbocycles. The number of nitrogens with zero attached hydrogens (tertiary/aromatic N) is 2. The van der Waals surface area contributed by atoms with Gasteiger partial charge in [0.15, 0.2) is 5.76 Å². The lowest BCUT2D eigenvalue weighted by molar-refractivity contribution is -0.134. The van der Waals surface area contributed by atoms with Crippen molar-refractivity contribution in [1.29, 1.82) is 0 Å². The van der Waals surface area contributed by atoms with E-state index in [2.05, 4.69) is 20.3 Å². The summed E-state index contributed by atoms with van der Waals surface area (Å²) in [5.74, 6) is -0.673. The van der Waals surface area contributed by atoms with Gasteiger partial charge in [-0.3, -0.25) is 9.59 Å². The Morgan fingerprint density at radius 2 is 2.00 bits per heavy atom. The maximum absolute atomic E-state index is 14.4. The molecule has 0 unspecified atom stereocenters. The molecule has 2 aromatic heterocycles. The van der Waals surface area contributed by atoms with E-state index in [-0.39, 0.29) is 40.3 Å². The number of halogens is 2. The number of hydrogen-bond donors (Lipinski definition) is 1. The molecule has 0 aliphatic rings. The van der Waals surface area contributed by atoms with E-state index in [1.54, 1.807) is 12.1 Å². The maximum atomic E-state index is 14.4. The van der Waals surface area contributed by atoms with Gasteiger partial charge in [-0.1, -0.05) is 11.6 Å². The second-order valence-corrected chi connectivity index (χ2v) is 6.64. The van der Waals surface area contributed by atoms with E-state index in [0.29, 0.717) is 11.3 Å². The number of furan rings is 1. The Bertz CT molecular complexity index is 1260. The number of nitrogens with one attached hydrogen (secondary N) is 1. The van der Waals surface area contributed by atoms with Crippen LogP contribution in [0.1, 0.15) is 10.4 Å². The van der Waals surface area contributed by atoms with Gasteiger partial charge in [0.05, 0.1) is 17.5 Å². The van der Waals surface area contributed by atoms with Crippen molar-refractivity contribution in [3.8, 4) is 28.9 Å². The van der Waals surface area contributed by atoms with Gasteiger partial charge < -0.3 is 23.6 Å². The first-order valence-corrected chi connectivity index (χ1v) is 9.39. The Balaban J connectivity index is 1.58. The number of rotatable bonds is 8.